The smallest absolute Gasteiger partial charge is 0.296 e. The van der Waals surface area contributed by atoms with Gasteiger partial charge < -0.3 is 5.32 Å². The first-order chi connectivity index (χ1) is 10.9. The Morgan fingerprint density at radius 3 is 2.25 bits per heavy atom. The molecule has 1 heterocycles. The van der Waals surface area contributed by atoms with E-state index in [0.717, 1.165) is 12.1 Å². The normalized spacial score (nSPS) is 12.1. The molecule has 130 valence electrons. The van der Waals surface area contributed by atoms with Gasteiger partial charge in [0.1, 0.15) is 10.6 Å². The van der Waals surface area contributed by atoms with Crippen molar-refractivity contribution in [3.63, 3.8) is 0 Å². The lowest BCUT2D eigenvalue weighted by molar-refractivity contribution is 0.0957. The van der Waals surface area contributed by atoms with E-state index in [1.165, 1.54) is 7.05 Å². The summed E-state index contributed by atoms with van der Waals surface area (Å²) in [6.07, 6.45) is 0. The van der Waals surface area contributed by atoms with Crippen LogP contribution < -0.4 is 10.9 Å². The summed E-state index contributed by atoms with van der Waals surface area (Å²) in [7, 11) is -8.25. The van der Waals surface area contributed by atoms with Gasteiger partial charge in [-0.25, -0.2) is 4.68 Å². The second-order valence-electron chi connectivity index (χ2n) is 4.50. The molecule has 0 saturated carbocycles. The van der Waals surface area contributed by atoms with Gasteiger partial charge >= 0.3 is 0 Å². The van der Waals surface area contributed by atoms with E-state index >= 15 is 0 Å². The molecule has 13 heteroatoms. The van der Waals surface area contributed by atoms with Gasteiger partial charge in [0.2, 0.25) is 0 Å². The van der Waals surface area contributed by atoms with Crippen molar-refractivity contribution >= 4 is 26.1 Å². The third kappa shape index (κ3) is 3.38. The molecule has 0 atom stereocenters. The molecule has 0 bridgehead atoms. The number of nitrogens with zero attached hydrogens (tertiary/aromatic N) is 1. The number of amides is 1. The Bertz CT molecular complexity index is 1080. The van der Waals surface area contributed by atoms with Gasteiger partial charge in [0.25, 0.3) is 31.7 Å². The molecule has 0 fully saturated rings. The number of carbonyl (C=O) groups is 1. The molecule has 1 aromatic heterocycles. The molecule has 2 aromatic rings. The zero-order valence-corrected chi connectivity index (χ0v) is 13.6. The second-order valence-corrected chi connectivity index (χ2v) is 7.31. The molecule has 2 rings (SSSR count). The molecule has 0 aliphatic heterocycles. The topological polar surface area (TPSA) is 176 Å². The third-order valence-corrected chi connectivity index (χ3v) is 4.69. The molecule has 11 nitrogen and oxygen atoms in total. The van der Waals surface area contributed by atoms with Crippen molar-refractivity contribution in [3.05, 3.63) is 40.3 Å². The van der Waals surface area contributed by atoms with Crippen LogP contribution in [0.1, 0.15) is 10.5 Å². The predicted octanol–water partition coefficient (Wildman–Crippen LogP) is -0.981. The van der Waals surface area contributed by atoms with Crippen molar-refractivity contribution in [1.29, 1.82) is 0 Å². The van der Waals surface area contributed by atoms with Crippen LogP contribution in [0.2, 0.25) is 0 Å². The number of benzene rings is 1. The van der Waals surface area contributed by atoms with Crippen LogP contribution in [-0.4, -0.2) is 48.7 Å². The quantitative estimate of drug-likeness (QED) is 0.491. The summed E-state index contributed by atoms with van der Waals surface area (Å²) in [5.41, 5.74) is -1.72. The van der Waals surface area contributed by atoms with E-state index in [1.54, 1.807) is 0 Å². The number of hydrogen-bond acceptors (Lipinski definition) is 6. The van der Waals surface area contributed by atoms with E-state index in [-0.39, 0.29) is 5.69 Å². The largest absolute Gasteiger partial charge is 0.354 e. The zero-order valence-electron chi connectivity index (χ0n) is 11.9. The molecule has 4 N–H and O–H groups in total. The van der Waals surface area contributed by atoms with Crippen LogP contribution in [0.15, 0.2) is 38.9 Å². The van der Waals surface area contributed by atoms with Crippen LogP contribution in [0, 0.1) is 0 Å². The highest BCUT2D eigenvalue weighted by Gasteiger charge is 2.23. The van der Waals surface area contributed by atoms with E-state index in [0.29, 0.717) is 16.8 Å². The summed E-state index contributed by atoms with van der Waals surface area (Å²) in [5.74, 6) is -0.690. The predicted molar refractivity (Wildman–Crippen MR) is 79.4 cm³/mol. The number of aromatic nitrogens is 2. The Balaban J connectivity index is 2.84. The average Bonchev–Trinajstić information content (AvgIpc) is 2.85. The maximum atomic E-state index is 12.0. The van der Waals surface area contributed by atoms with Crippen molar-refractivity contribution < 1.29 is 30.7 Å². The van der Waals surface area contributed by atoms with Gasteiger partial charge in [-0.15, -0.1) is 0 Å². The standard InChI is InChI=1S/C11H11N3O8S2/c1-12-11(16)7-5-10(15)14(13-7)8-4-6(23(17,18)19)2-3-9(8)24(20,21)22/h2-5,13H,1H3,(H,12,16)(H,17,18,19)(H,20,21,22). The van der Waals surface area contributed by atoms with Crippen molar-refractivity contribution in [2.75, 3.05) is 7.05 Å². The minimum absolute atomic E-state index is 0.235. The van der Waals surface area contributed by atoms with Crippen LogP contribution in [-0.2, 0) is 20.2 Å². The molecule has 0 unspecified atom stereocenters. The van der Waals surface area contributed by atoms with Crippen LogP contribution in [0.4, 0.5) is 0 Å². The first kappa shape index (κ1) is 17.9. The summed E-state index contributed by atoms with van der Waals surface area (Å²) in [5, 5.41) is 4.51. The SMILES string of the molecule is CNC(=O)c1cc(=O)n(-c2cc(S(=O)(=O)O)ccc2S(=O)(=O)O)[nH]1. The summed E-state index contributed by atoms with van der Waals surface area (Å²) < 4.78 is 64.1. The molecular weight excluding hydrogens is 366 g/mol. The minimum atomic E-state index is -4.83. The first-order valence-electron chi connectivity index (χ1n) is 6.08. The molecular formula is C11H11N3O8S2. The van der Waals surface area contributed by atoms with Gasteiger partial charge in [-0.05, 0) is 18.2 Å². The third-order valence-electron chi connectivity index (χ3n) is 2.94. The lowest BCUT2D eigenvalue weighted by atomic mass is 10.3. The fraction of sp³-hybridized carbons (Fsp3) is 0.0909. The first-order valence-corrected chi connectivity index (χ1v) is 8.96. The van der Waals surface area contributed by atoms with E-state index in [1.807, 2.05) is 0 Å². The highest BCUT2D eigenvalue weighted by molar-refractivity contribution is 7.86. The molecule has 0 aliphatic rings. The van der Waals surface area contributed by atoms with Crippen molar-refractivity contribution in [2.24, 2.45) is 0 Å². The molecule has 0 spiro atoms. The number of nitrogens with one attached hydrogen (secondary N) is 2. The molecule has 1 amide bonds. The van der Waals surface area contributed by atoms with Crippen LogP contribution >= 0.6 is 0 Å². The Labute approximate surface area is 135 Å². The van der Waals surface area contributed by atoms with Gasteiger partial charge in [0.15, 0.2) is 0 Å². The number of H-pyrrole nitrogens is 1. The second kappa shape index (κ2) is 5.86. The van der Waals surface area contributed by atoms with E-state index in [2.05, 4.69) is 10.4 Å². The molecule has 1 aromatic carbocycles. The van der Waals surface area contributed by atoms with Gasteiger partial charge in [-0.1, -0.05) is 0 Å². The fourth-order valence-electron chi connectivity index (χ4n) is 1.88. The number of rotatable bonds is 4. The number of carbonyl (C=O) groups excluding carboxylic acids is 1. The summed E-state index contributed by atoms with van der Waals surface area (Å²) in [6.45, 7) is 0. The number of hydrogen-bond donors (Lipinski definition) is 4. The summed E-state index contributed by atoms with van der Waals surface area (Å²) in [4.78, 5) is 22.0. The van der Waals surface area contributed by atoms with Crippen LogP contribution in [0.25, 0.3) is 5.69 Å². The zero-order chi connectivity index (χ0) is 18.3. The van der Waals surface area contributed by atoms with Crippen molar-refractivity contribution in [1.82, 2.24) is 15.1 Å². The van der Waals surface area contributed by atoms with Gasteiger partial charge in [-0.2, -0.15) is 16.8 Å². The lowest BCUT2D eigenvalue weighted by Gasteiger charge is -2.09. The van der Waals surface area contributed by atoms with Crippen LogP contribution in [0.5, 0.6) is 0 Å². The van der Waals surface area contributed by atoms with E-state index < -0.39 is 47.2 Å². The highest BCUT2D eigenvalue weighted by atomic mass is 32.2. The highest BCUT2D eigenvalue weighted by Crippen LogP contribution is 2.22. The van der Waals surface area contributed by atoms with Crippen molar-refractivity contribution in [3.8, 4) is 5.69 Å². The Hall–Kier alpha value is -2.48. The summed E-state index contributed by atoms with van der Waals surface area (Å²) in [6, 6.07) is 2.92. The molecule has 0 saturated heterocycles. The minimum Gasteiger partial charge on any atom is -0.354 e. The maximum absolute atomic E-state index is 12.0. The number of aromatic amines is 1. The van der Waals surface area contributed by atoms with Gasteiger partial charge in [-0.3, -0.25) is 23.8 Å². The average molecular weight is 377 g/mol. The molecule has 0 radical (unpaired) electrons. The van der Waals surface area contributed by atoms with Crippen molar-refractivity contribution in [2.45, 2.75) is 9.79 Å². The Kier molecular flexibility index (Phi) is 4.36. The summed E-state index contributed by atoms with van der Waals surface area (Å²) >= 11 is 0. The van der Waals surface area contributed by atoms with Gasteiger partial charge in [0, 0.05) is 13.1 Å². The molecule has 24 heavy (non-hydrogen) atoms. The monoisotopic (exact) mass is 377 g/mol. The molecule has 0 aliphatic carbocycles. The van der Waals surface area contributed by atoms with E-state index in [9.17, 15) is 31.0 Å². The maximum Gasteiger partial charge on any atom is 0.296 e. The van der Waals surface area contributed by atoms with Crippen LogP contribution in [0.3, 0.4) is 0 Å². The van der Waals surface area contributed by atoms with E-state index in [4.69, 9.17) is 4.55 Å². The lowest BCUT2D eigenvalue weighted by Crippen LogP contribution is -2.19. The van der Waals surface area contributed by atoms with Gasteiger partial charge in [0.05, 0.1) is 10.6 Å². The Morgan fingerprint density at radius 2 is 1.75 bits per heavy atom. The fourth-order valence-corrected chi connectivity index (χ4v) is 3.03. The Morgan fingerprint density at radius 1 is 1.12 bits per heavy atom.